The Kier molecular flexibility index (Phi) is 4.76. The van der Waals surface area contributed by atoms with Gasteiger partial charge in [0.05, 0.1) is 12.3 Å². The summed E-state index contributed by atoms with van der Waals surface area (Å²) in [6, 6.07) is 5.25. The maximum absolute atomic E-state index is 5.75. The van der Waals surface area contributed by atoms with Crippen LogP contribution in [0.5, 0.6) is 0 Å². The van der Waals surface area contributed by atoms with Crippen LogP contribution in [-0.2, 0) is 0 Å². The van der Waals surface area contributed by atoms with Gasteiger partial charge in [-0.2, -0.15) is 0 Å². The average molecular weight is 277 g/mol. The van der Waals surface area contributed by atoms with Crippen molar-refractivity contribution < 1.29 is 4.42 Å². The van der Waals surface area contributed by atoms with E-state index in [0.717, 1.165) is 38.5 Å². The third-order valence-electron chi connectivity index (χ3n) is 4.77. The Hall–Kier alpha value is -0.840. The Labute approximate surface area is 122 Å². The zero-order valence-corrected chi connectivity index (χ0v) is 12.6. The van der Waals surface area contributed by atoms with E-state index in [0.29, 0.717) is 12.1 Å². The molecule has 0 spiro atoms. The fraction of sp³-hybridized carbons (Fsp3) is 0.750. The quantitative estimate of drug-likeness (QED) is 0.913. The van der Waals surface area contributed by atoms with Crippen LogP contribution in [0, 0.1) is 0 Å². The minimum absolute atomic E-state index is 0.415. The molecule has 4 nitrogen and oxygen atoms in total. The molecular weight excluding hydrogens is 250 g/mol. The molecular formula is C16H27N3O. The summed E-state index contributed by atoms with van der Waals surface area (Å²) in [5, 5.41) is 3.43. The highest BCUT2D eigenvalue weighted by Gasteiger charge is 2.30. The van der Waals surface area contributed by atoms with Crippen LogP contribution < -0.4 is 5.32 Å². The molecule has 2 aliphatic heterocycles. The molecule has 2 atom stereocenters. The number of likely N-dealkylation sites (tertiary alicyclic amines) is 1. The number of rotatable bonds is 4. The summed E-state index contributed by atoms with van der Waals surface area (Å²) in [5.41, 5.74) is 0. The summed E-state index contributed by atoms with van der Waals surface area (Å²) in [6.45, 7) is 9.20. The normalized spacial score (nSPS) is 27.6. The van der Waals surface area contributed by atoms with Gasteiger partial charge in [0.15, 0.2) is 0 Å². The molecule has 1 aromatic heterocycles. The second-order valence-corrected chi connectivity index (χ2v) is 6.16. The number of piperazine rings is 1. The molecule has 0 bridgehead atoms. The first kappa shape index (κ1) is 14.1. The van der Waals surface area contributed by atoms with Gasteiger partial charge in [-0.15, -0.1) is 0 Å². The zero-order chi connectivity index (χ0) is 13.8. The summed E-state index contributed by atoms with van der Waals surface area (Å²) in [7, 11) is 0. The van der Waals surface area contributed by atoms with Gasteiger partial charge >= 0.3 is 0 Å². The van der Waals surface area contributed by atoms with Crippen LogP contribution in [0.2, 0.25) is 0 Å². The van der Waals surface area contributed by atoms with Crippen LogP contribution in [0.25, 0.3) is 0 Å². The van der Waals surface area contributed by atoms with E-state index in [9.17, 15) is 0 Å². The van der Waals surface area contributed by atoms with Crippen molar-refractivity contribution in [1.82, 2.24) is 15.1 Å². The van der Waals surface area contributed by atoms with Gasteiger partial charge < -0.3 is 9.73 Å². The number of furan rings is 1. The Morgan fingerprint density at radius 3 is 2.85 bits per heavy atom. The van der Waals surface area contributed by atoms with E-state index < -0.39 is 0 Å². The van der Waals surface area contributed by atoms with Gasteiger partial charge in [0.25, 0.3) is 0 Å². The molecule has 0 aliphatic carbocycles. The molecule has 0 saturated carbocycles. The number of hydrogen-bond donors (Lipinski definition) is 1. The highest BCUT2D eigenvalue weighted by Crippen LogP contribution is 2.29. The smallest absolute Gasteiger partial charge is 0.122 e. The summed E-state index contributed by atoms with van der Waals surface area (Å²) in [6.07, 6.45) is 5.83. The zero-order valence-electron chi connectivity index (χ0n) is 12.6. The first-order chi connectivity index (χ1) is 9.84. The van der Waals surface area contributed by atoms with E-state index in [-0.39, 0.29) is 0 Å². The van der Waals surface area contributed by atoms with Crippen LogP contribution in [-0.4, -0.2) is 55.1 Å². The van der Waals surface area contributed by atoms with Crippen molar-refractivity contribution >= 4 is 0 Å². The minimum Gasteiger partial charge on any atom is -0.468 e. The monoisotopic (exact) mass is 277 g/mol. The molecule has 112 valence electrons. The second-order valence-electron chi connectivity index (χ2n) is 6.16. The van der Waals surface area contributed by atoms with E-state index in [2.05, 4.69) is 28.1 Å². The van der Waals surface area contributed by atoms with E-state index in [1.54, 1.807) is 0 Å². The van der Waals surface area contributed by atoms with E-state index >= 15 is 0 Å². The third kappa shape index (κ3) is 3.25. The van der Waals surface area contributed by atoms with Crippen molar-refractivity contribution in [2.75, 3.05) is 39.3 Å². The average Bonchev–Trinajstić information content (AvgIpc) is 3.01. The minimum atomic E-state index is 0.415. The van der Waals surface area contributed by atoms with Crippen molar-refractivity contribution in [1.29, 1.82) is 0 Å². The summed E-state index contributed by atoms with van der Waals surface area (Å²) >= 11 is 0. The molecule has 3 heterocycles. The molecule has 3 rings (SSSR count). The SMILES string of the molecule is CC1CCCCN1C(CN1CCNCC1)c1ccco1. The van der Waals surface area contributed by atoms with Crippen molar-refractivity contribution in [3.8, 4) is 0 Å². The lowest BCUT2D eigenvalue weighted by molar-refractivity contribution is 0.0608. The lowest BCUT2D eigenvalue weighted by atomic mass is 9.99. The fourth-order valence-electron chi connectivity index (χ4n) is 3.56. The van der Waals surface area contributed by atoms with Crippen LogP contribution in [0.4, 0.5) is 0 Å². The van der Waals surface area contributed by atoms with Crippen LogP contribution in [0.15, 0.2) is 22.8 Å². The van der Waals surface area contributed by atoms with Crippen molar-refractivity contribution in [2.24, 2.45) is 0 Å². The van der Waals surface area contributed by atoms with E-state index in [4.69, 9.17) is 4.42 Å². The number of hydrogen-bond acceptors (Lipinski definition) is 4. The molecule has 0 amide bonds. The van der Waals surface area contributed by atoms with Gasteiger partial charge in [0.1, 0.15) is 5.76 Å². The molecule has 1 N–H and O–H groups in total. The number of piperidine rings is 1. The number of nitrogens with zero attached hydrogens (tertiary/aromatic N) is 2. The van der Waals surface area contributed by atoms with E-state index in [1.165, 1.54) is 25.8 Å². The molecule has 2 aliphatic rings. The van der Waals surface area contributed by atoms with Crippen molar-refractivity contribution in [3.63, 3.8) is 0 Å². The van der Waals surface area contributed by atoms with Crippen LogP contribution >= 0.6 is 0 Å². The molecule has 1 aromatic rings. The molecule has 0 radical (unpaired) electrons. The maximum atomic E-state index is 5.75. The Bertz CT molecular complexity index is 386. The predicted molar refractivity (Wildman–Crippen MR) is 80.8 cm³/mol. The first-order valence-electron chi connectivity index (χ1n) is 8.07. The Morgan fingerprint density at radius 1 is 1.30 bits per heavy atom. The molecule has 2 unspecified atom stereocenters. The van der Waals surface area contributed by atoms with Crippen LogP contribution in [0.1, 0.15) is 38.0 Å². The van der Waals surface area contributed by atoms with Crippen molar-refractivity contribution in [3.05, 3.63) is 24.2 Å². The highest BCUT2D eigenvalue weighted by molar-refractivity contribution is 5.07. The first-order valence-corrected chi connectivity index (χ1v) is 8.07. The molecule has 2 saturated heterocycles. The lowest BCUT2D eigenvalue weighted by Crippen LogP contribution is -2.49. The van der Waals surface area contributed by atoms with Gasteiger partial charge in [-0.3, -0.25) is 9.80 Å². The van der Waals surface area contributed by atoms with Crippen LogP contribution in [0.3, 0.4) is 0 Å². The summed E-state index contributed by atoms with van der Waals surface area (Å²) in [4.78, 5) is 5.23. The fourth-order valence-corrected chi connectivity index (χ4v) is 3.56. The predicted octanol–water partition coefficient (Wildman–Crippen LogP) is 2.10. The largest absolute Gasteiger partial charge is 0.468 e. The maximum Gasteiger partial charge on any atom is 0.122 e. The highest BCUT2D eigenvalue weighted by atomic mass is 16.3. The molecule has 20 heavy (non-hydrogen) atoms. The number of nitrogens with one attached hydrogen (secondary N) is 1. The van der Waals surface area contributed by atoms with Crippen molar-refractivity contribution in [2.45, 2.75) is 38.3 Å². The summed E-state index contributed by atoms with van der Waals surface area (Å²) < 4.78 is 5.75. The van der Waals surface area contributed by atoms with Gasteiger partial charge in [-0.05, 0) is 38.4 Å². The Balaban J connectivity index is 1.73. The van der Waals surface area contributed by atoms with Gasteiger partial charge in [-0.25, -0.2) is 0 Å². The standard InChI is InChI=1S/C16H27N3O/c1-14-5-2-3-9-19(14)15(16-6-4-12-20-16)13-18-10-7-17-8-11-18/h4,6,12,14-15,17H,2-3,5,7-11,13H2,1H3. The van der Waals surface area contributed by atoms with E-state index in [1.807, 2.05) is 12.3 Å². The molecule has 4 heteroatoms. The second kappa shape index (κ2) is 6.74. The molecule has 0 aromatic carbocycles. The topological polar surface area (TPSA) is 31.6 Å². The van der Waals surface area contributed by atoms with Gasteiger partial charge in [-0.1, -0.05) is 6.42 Å². The third-order valence-corrected chi connectivity index (χ3v) is 4.77. The molecule has 2 fully saturated rings. The Morgan fingerprint density at radius 2 is 2.15 bits per heavy atom. The van der Waals surface area contributed by atoms with Gasteiger partial charge in [0.2, 0.25) is 0 Å². The van der Waals surface area contributed by atoms with Gasteiger partial charge in [0, 0.05) is 38.8 Å². The lowest BCUT2D eigenvalue weighted by Gasteiger charge is -2.41. The summed E-state index contributed by atoms with van der Waals surface area (Å²) in [5.74, 6) is 1.14.